The van der Waals surface area contributed by atoms with Crippen molar-refractivity contribution in [2.75, 3.05) is 13.6 Å². The van der Waals surface area contributed by atoms with Gasteiger partial charge in [0.1, 0.15) is 5.82 Å². The number of likely N-dealkylation sites (N-methyl/N-ethyl adjacent to an activating group) is 1. The van der Waals surface area contributed by atoms with Gasteiger partial charge in [-0.25, -0.2) is 9.78 Å². The number of aromatic nitrogens is 4. The molecule has 1 unspecified atom stereocenters. The molecular formula is C23H38N6O3. The van der Waals surface area contributed by atoms with Gasteiger partial charge in [-0.2, -0.15) is 0 Å². The van der Waals surface area contributed by atoms with Crippen LogP contribution in [0.5, 0.6) is 0 Å². The van der Waals surface area contributed by atoms with Crippen LogP contribution >= 0.6 is 0 Å². The number of aryl methyl sites for hydroxylation is 2. The third-order valence-corrected chi connectivity index (χ3v) is 6.24. The molecule has 0 radical (unpaired) electrons. The van der Waals surface area contributed by atoms with Crippen LogP contribution in [0.4, 0.5) is 0 Å². The van der Waals surface area contributed by atoms with Gasteiger partial charge in [-0.15, -0.1) is 0 Å². The number of fused-ring (bicyclic) bond motifs is 1. The minimum atomic E-state index is -0.428. The summed E-state index contributed by atoms with van der Waals surface area (Å²) in [6.45, 7) is 10.0. The molecular weight excluding hydrogens is 408 g/mol. The van der Waals surface area contributed by atoms with E-state index in [-0.39, 0.29) is 11.8 Å². The number of amides is 1. The molecule has 32 heavy (non-hydrogen) atoms. The number of aromatic amines is 1. The normalized spacial score (nSPS) is 15.1. The molecule has 9 nitrogen and oxygen atoms in total. The van der Waals surface area contributed by atoms with Gasteiger partial charge in [0.05, 0.1) is 0 Å². The van der Waals surface area contributed by atoms with E-state index in [1.165, 1.54) is 12.8 Å². The zero-order valence-corrected chi connectivity index (χ0v) is 20.1. The first kappa shape index (κ1) is 24.2. The molecule has 2 aromatic heterocycles. The molecule has 1 aliphatic carbocycles. The minimum absolute atomic E-state index is 0.0264. The molecule has 1 fully saturated rings. The van der Waals surface area contributed by atoms with E-state index in [1.54, 1.807) is 4.57 Å². The van der Waals surface area contributed by atoms with Crippen molar-refractivity contribution in [3.8, 4) is 0 Å². The largest absolute Gasteiger partial charge is 0.355 e. The van der Waals surface area contributed by atoms with Crippen LogP contribution in [0.25, 0.3) is 11.2 Å². The maximum absolute atomic E-state index is 12.7. The van der Waals surface area contributed by atoms with E-state index < -0.39 is 11.2 Å². The zero-order chi connectivity index (χ0) is 23.4. The SMILES string of the molecule is CCCCn1c(=O)[nH]c(=O)c2c1nc(CCC(=O)NCC(C)N(C)C1CC1)n2CC(C)C. The summed E-state index contributed by atoms with van der Waals surface area (Å²) in [5.41, 5.74) is -0.00539. The molecule has 2 heterocycles. The summed E-state index contributed by atoms with van der Waals surface area (Å²) in [7, 11) is 2.11. The third-order valence-electron chi connectivity index (χ3n) is 6.24. The maximum Gasteiger partial charge on any atom is 0.330 e. The lowest BCUT2D eigenvalue weighted by Gasteiger charge is -2.24. The Labute approximate surface area is 189 Å². The van der Waals surface area contributed by atoms with Gasteiger partial charge in [0.15, 0.2) is 11.2 Å². The smallest absolute Gasteiger partial charge is 0.330 e. The molecule has 2 aromatic rings. The second kappa shape index (κ2) is 10.5. The fraction of sp³-hybridized carbons (Fsp3) is 0.739. The second-order valence-corrected chi connectivity index (χ2v) is 9.52. The Bertz CT molecular complexity index is 1050. The average Bonchev–Trinajstić information content (AvgIpc) is 3.52. The summed E-state index contributed by atoms with van der Waals surface area (Å²) in [4.78, 5) is 47.1. The van der Waals surface area contributed by atoms with Crippen molar-refractivity contribution in [1.29, 1.82) is 0 Å². The first-order valence-corrected chi connectivity index (χ1v) is 11.9. The molecule has 0 saturated heterocycles. The molecule has 0 spiro atoms. The highest BCUT2D eigenvalue weighted by atomic mass is 16.2. The van der Waals surface area contributed by atoms with Crippen molar-refractivity contribution in [2.24, 2.45) is 5.92 Å². The Hall–Kier alpha value is -2.42. The van der Waals surface area contributed by atoms with Gasteiger partial charge in [0.2, 0.25) is 5.91 Å². The number of carbonyl (C=O) groups is 1. The summed E-state index contributed by atoms with van der Waals surface area (Å²) in [6, 6.07) is 0.949. The third kappa shape index (κ3) is 5.68. The topological polar surface area (TPSA) is 105 Å². The molecule has 1 saturated carbocycles. The van der Waals surface area contributed by atoms with E-state index >= 15 is 0 Å². The van der Waals surface area contributed by atoms with Crippen LogP contribution in [0.2, 0.25) is 0 Å². The van der Waals surface area contributed by atoms with E-state index in [2.05, 4.69) is 54.9 Å². The molecule has 1 aliphatic rings. The van der Waals surface area contributed by atoms with Crippen molar-refractivity contribution in [2.45, 2.75) is 91.4 Å². The number of nitrogens with zero attached hydrogens (tertiary/aromatic N) is 4. The number of imidazole rings is 1. The number of carbonyl (C=O) groups excluding carboxylic acids is 1. The van der Waals surface area contributed by atoms with Gasteiger partial charge >= 0.3 is 5.69 Å². The predicted molar refractivity (Wildman–Crippen MR) is 126 cm³/mol. The maximum atomic E-state index is 12.7. The summed E-state index contributed by atoms with van der Waals surface area (Å²) in [6.07, 6.45) is 4.94. The molecule has 2 N–H and O–H groups in total. The van der Waals surface area contributed by atoms with Crippen LogP contribution in [0.1, 0.15) is 65.6 Å². The number of hydrogen-bond acceptors (Lipinski definition) is 5. The highest BCUT2D eigenvalue weighted by Crippen LogP contribution is 2.26. The van der Waals surface area contributed by atoms with E-state index in [0.717, 1.165) is 12.8 Å². The number of H-pyrrole nitrogens is 1. The van der Waals surface area contributed by atoms with Gasteiger partial charge < -0.3 is 9.88 Å². The standard InChI is InChI=1S/C23H38N6O3/c1-6-7-12-28-21-20(22(31)26-23(28)32)29(14-15(2)3)18(25-21)10-11-19(30)24-13-16(4)27(5)17-8-9-17/h15-17H,6-14H2,1-5H3,(H,24,30)(H,26,31,32). The molecule has 1 amide bonds. The monoisotopic (exact) mass is 446 g/mol. The summed E-state index contributed by atoms with van der Waals surface area (Å²) in [5.74, 6) is 0.934. The Balaban J connectivity index is 1.78. The van der Waals surface area contributed by atoms with Crippen LogP contribution in [0, 0.1) is 5.92 Å². The molecule has 1 atom stereocenters. The fourth-order valence-corrected chi connectivity index (χ4v) is 4.05. The fourth-order valence-electron chi connectivity index (χ4n) is 4.05. The van der Waals surface area contributed by atoms with Crippen LogP contribution in [-0.4, -0.2) is 55.6 Å². The minimum Gasteiger partial charge on any atom is -0.355 e. The average molecular weight is 447 g/mol. The van der Waals surface area contributed by atoms with Gasteiger partial charge in [-0.1, -0.05) is 27.2 Å². The van der Waals surface area contributed by atoms with Gasteiger partial charge in [-0.05, 0) is 39.2 Å². The highest BCUT2D eigenvalue weighted by Gasteiger charge is 2.29. The first-order valence-electron chi connectivity index (χ1n) is 11.9. The lowest BCUT2D eigenvalue weighted by molar-refractivity contribution is -0.121. The lowest BCUT2D eigenvalue weighted by atomic mass is 10.2. The number of hydrogen-bond donors (Lipinski definition) is 2. The molecule has 9 heteroatoms. The molecule has 178 valence electrons. The molecule has 3 rings (SSSR count). The number of nitrogens with one attached hydrogen (secondary N) is 2. The summed E-state index contributed by atoms with van der Waals surface area (Å²) >= 11 is 0. The number of unbranched alkanes of at least 4 members (excludes halogenated alkanes) is 1. The molecule has 0 aromatic carbocycles. The van der Waals surface area contributed by atoms with Gasteiger partial charge in [-0.3, -0.25) is 24.0 Å². The lowest BCUT2D eigenvalue weighted by Crippen LogP contribution is -2.41. The Kier molecular flexibility index (Phi) is 7.92. The summed E-state index contributed by atoms with van der Waals surface area (Å²) < 4.78 is 3.44. The van der Waals surface area contributed by atoms with Crippen molar-refractivity contribution >= 4 is 17.1 Å². The summed E-state index contributed by atoms with van der Waals surface area (Å²) in [5, 5.41) is 3.03. The van der Waals surface area contributed by atoms with E-state index in [0.29, 0.717) is 61.5 Å². The van der Waals surface area contributed by atoms with E-state index in [9.17, 15) is 14.4 Å². The number of rotatable bonds is 12. The van der Waals surface area contributed by atoms with Crippen LogP contribution in [0.15, 0.2) is 9.59 Å². The Morgan fingerprint density at radius 2 is 1.97 bits per heavy atom. The molecule has 0 bridgehead atoms. The van der Waals surface area contributed by atoms with Crippen molar-refractivity contribution < 1.29 is 4.79 Å². The van der Waals surface area contributed by atoms with E-state index in [1.807, 2.05) is 4.57 Å². The first-order chi connectivity index (χ1) is 15.2. The van der Waals surface area contributed by atoms with Crippen molar-refractivity contribution in [3.05, 3.63) is 26.7 Å². The predicted octanol–water partition coefficient (Wildman–Crippen LogP) is 1.87. The zero-order valence-electron chi connectivity index (χ0n) is 20.1. The van der Waals surface area contributed by atoms with Crippen molar-refractivity contribution in [3.63, 3.8) is 0 Å². The Morgan fingerprint density at radius 3 is 2.59 bits per heavy atom. The van der Waals surface area contributed by atoms with Crippen LogP contribution < -0.4 is 16.6 Å². The van der Waals surface area contributed by atoms with Crippen molar-refractivity contribution in [1.82, 2.24) is 29.3 Å². The van der Waals surface area contributed by atoms with E-state index in [4.69, 9.17) is 0 Å². The molecule has 0 aliphatic heterocycles. The van der Waals surface area contributed by atoms with Gasteiger partial charge in [0, 0.05) is 44.6 Å². The van der Waals surface area contributed by atoms with Gasteiger partial charge in [0.25, 0.3) is 5.56 Å². The van der Waals surface area contributed by atoms with Crippen LogP contribution in [-0.2, 0) is 24.3 Å². The van der Waals surface area contributed by atoms with Crippen LogP contribution in [0.3, 0.4) is 0 Å². The quantitative estimate of drug-likeness (QED) is 0.518. The highest BCUT2D eigenvalue weighted by molar-refractivity contribution is 5.76. The Morgan fingerprint density at radius 1 is 1.25 bits per heavy atom. The second-order valence-electron chi connectivity index (χ2n) is 9.52.